The SMILES string of the molecule is N#Cc1ccccc1-c1ccc(C(=O)NCCN2CCC[C@H](N)C2=O)c(NCCc2cccc(F)c2)n1. The van der Waals surface area contributed by atoms with E-state index in [-0.39, 0.29) is 24.2 Å². The molecule has 4 N–H and O–H groups in total. The zero-order valence-electron chi connectivity index (χ0n) is 20.4. The van der Waals surface area contributed by atoms with Crippen LogP contribution in [0, 0.1) is 17.1 Å². The van der Waals surface area contributed by atoms with Gasteiger partial charge in [-0.1, -0.05) is 30.3 Å². The van der Waals surface area contributed by atoms with Crippen molar-refractivity contribution in [2.45, 2.75) is 25.3 Å². The molecular weight excluding hydrogens is 471 g/mol. The Labute approximate surface area is 215 Å². The Morgan fingerprint density at radius 3 is 2.81 bits per heavy atom. The molecule has 2 heterocycles. The lowest BCUT2D eigenvalue weighted by Crippen LogP contribution is -2.50. The fraction of sp³-hybridized carbons (Fsp3) is 0.286. The Kier molecular flexibility index (Phi) is 8.44. The van der Waals surface area contributed by atoms with Crippen molar-refractivity contribution in [3.05, 3.63) is 83.2 Å². The van der Waals surface area contributed by atoms with Crippen molar-refractivity contribution < 1.29 is 14.0 Å². The third-order valence-electron chi connectivity index (χ3n) is 6.30. The maximum atomic E-state index is 13.6. The van der Waals surface area contributed by atoms with E-state index in [0.717, 1.165) is 12.0 Å². The monoisotopic (exact) mass is 500 g/mol. The molecule has 1 saturated heterocycles. The quantitative estimate of drug-likeness (QED) is 0.415. The molecule has 0 unspecified atom stereocenters. The van der Waals surface area contributed by atoms with Crippen LogP contribution in [0.25, 0.3) is 11.3 Å². The number of benzene rings is 2. The number of amides is 2. The van der Waals surface area contributed by atoms with E-state index >= 15 is 0 Å². The van der Waals surface area contributed by atoms with Gasteiger partial charge in [0.15, 0.2) is 0 Å². The topological polar surface area (TPSA) is 124 Å². The Bertz CT molecular complexity index is 1320. The smallest absolute Gasteiger partial charge is 0.255 e. The number of nitrogens with one attached hydrogen (secondary N) is 2. The number of aromatic nitrogens is 1. The van der Waals surface area contributed by atoms with Crippen LogP contribution < -0.4 is 16.4 Å². The van der Waals surface area contributed by atoms with Gasteiger partial charge in [0.25, 0.3) is 5.91 Å². The normalized spacial score (nSPS) is 15.2. The highest BCUT2D eigenvalue weighted by Crippen LogP contribution is 2.25. The number of carbonyl (C=O) groups is 2. The molecule has 0 radical (unpaired) electrons. The van der Waals surface area contributed by atoms with Crippen molar-refractivity contribution in [1.82, 2.24) is 15.2 Å². The highest BCUT2D eigenvalue weighted by atomic mass is 19.1. The second-order valence-corrected chi connectivity index (χ2v) is 8.89. The summed E-state index contributed by atoms with van der Waals surface area (Å²) < 4.78 is 13.6. The van der Waals surface area contributed by atoms with E-state index in [1.54, 1.807) is 41.3 Å². The largest absolute Gasteiger partial charge is 0.369 e. The number of hydrogen-bond donors (Lipinski definition) is 3. The zero-order chi connectivity index (χ0) is 26.2. The van der Waals surface area contributed by atoms with Gasteiger partial charge in [-0.2, -0.15) is 5.26 Å². The van der Waals surface area contributed by atoms with Crippen LogP contribution in [0.3, 0.4) is 0 Å². The van der Waals surface area contributed by atoms with Crippen molar-refractivity contribution in [2.75, 3.05) is 31.5 Å². The molecule has 8 nitrogen and oxygen atoms in total. The number of piperidine rings is 1. The molecule has 2 amide bonds. The number of pyridine rings is 1. The lowest BCUT2D eigenvalue weighted by molar-refractivity contribution is -0.134. The van der Waals surface area contributed by atoms with E-state index in [2.05, 4.69) is 21.7 Å². The number of carbonyl (C=O) groups excluding carboxylic acids is 2. The number of nitrogens with zero attached hydrogens (tertiary/aromatic N) is 3. The standard InChI is InChI=1S/C28H29FN6O2/c29-21-7-3-5-19(17-21)12-13-32-26-23(10-11-25(34-26)22-8-2-1-6-20(22)18-30)27(36)33-14-16-35-15-4-9-24(31)28(35)37/h1-3,5-8,10-11,17,24H,4,9,12-16,31H2,(H,32,34)(H,33,36)/t24-/m0/s1. The van der Waals surface area contributed by atoms with Gasteiger partial charge in [-0.15, -0.1) is 0 Å². The number of anilines is 1. The van der Waals surface area contributed by atoms with Gasteiger partial charge >= 0.3 is 0 Å². The number of rotatable bonds is 9. The number of nitrogens with two attached hydrogens (primary N) is 1. The maximum absolute atomic E-state index is 13.6. The first-order valence-electron chi connectivity index (χ1n) is 12.3. The second-order valence-electron chi connectivity index (χ2n) is 8.89. The average molecular weight is 501 g/mol. The fourth-order valence-electron chi connectivity index (χ4n) is 4.34. The Balaban J connectivity index is 1.50. The summed E-state index contributed by atoms with van der Waals surface area (Å²) >= 11 is 0. The van der Waals surface area contributed by atoms with Crippen LogP contribution in [0.4, 0.5) is 10.2 Å². The number of halogens is 1. The number of hydrogen-bond acceptors (Lipinski definition) is 6. The molecule has 1 aromatic heterocycles. The molecule has 9 heteroatoms. The van der Waals surface area contributed by atoms with E-state index in [4.69, 9.17) is 5.73 Å². The van der Waals surface area contributed by atoms with Crippen molar-refractivity contribution >= 4 is 17.6 Å². The molecule has 1 atom stereocenters. The molecule has 0 spiro atoms. The van der Waals surface area contributed by atoms with Crippen LogP contribution in [0.5, 0.6) is 0 Å². The summed E-state index contributed by atoms with van der Waals surface area (Å²) in [5.41, 5.74) is 8.68. The van der Waals surface area contributed by atoms with Gasteiger partial charge in [-0.3, -0.25) is 9.59 Å². The predicted molar refractivity (Wildman–Crippen MR) is 139 cm³/mol. The molecule has 37 heavy (non-hydrogen) atoms. The fourth-order valence-corrected chi connectivity index (χ4v) is 4.34. The van der Waals surface area contributed by atoms with E-state index < -0.39 is 6.04 Å². The van der Waals surface area contributed by atoms with Crippen molar-refractivity contribution in [1.29, 1.82) is 5.26 Å². The lowest BCUT2D eigenvalue weighted by atomic mass is 10.0. The molecule has 3 aromatic rings. The third kappa shape index (κ3) is 6.48. The molecule has 1 aliphatic rings. The zero-order valence-corrected chi connectivity index (χ0v) is 20.4. The van der Waals surface area contributed by atoms with Crippen LogP contribution in [0.1, 0.15) is 34.3 Å². The van der Waals surface area contributed by atoms with Gasteiger partial charge in [0.1, 0.15) is 11.6 Å². The van der Waals surface area contributed by atoms with Crippen LogP contribution in [-0.2, 0) is 11.2 Å². The van der Waals surface area contributed by atoms with Crippen molar-refractivity contribution in [3.63, 3.8) is 0 Å². The highest BCUT2D eigenvalue weighted by molar-refractivity contribution is 5.99. The summed E-state index contributed by atoms with van der Waals surface area (Å²) in [7, 11) is 0. The first-order chi connectivity index (χ1) is 18.0. The van der Waals surface area contributed by atoms with E-state index in [9.17, 15) is 19.2 Å². The van der Waals surface area contributed by atoms with Crippen LogP contribution in [-0.4, -0.2) is 53.9 Å². The van der Waals surface area contributed by atoms with Gasteiger partial charge < -0.3 is 21.3 Å². The molecule has 2 aromatic carbocycles. The Morgan fingerprint density at radius 2 is 2.00 bits per heavy atom. The highest BCUT2D eigenvalue weighted by Gasteiger charge is 2.25. The molecule has 0 aliphatic carbocycles. The first kappa shape index (κ1) is 25.8. The summed E-state index contributed by atoms with van der Waals surface area (Å²) in [6.45, 7) is 1.70. The molecule has 4 rings (SSSR count). The Hall–Kier alpha value is -4.29. The predicted octanol–water partition coefficient (Wildman–Crippen LogP) is 3.09. The van der Waals surface area contributed by atoms with Gasteiger partial charge in [-0.05, 0) is 55.2 Å². The second kappa shape index (κ2) is 12.1. The summed E-state index contributed by atoms with van der Waals surface area (Å²) in [6, 6.07) is 18.5. The number of nitriles is 1. The maximum Gasteiger partial charge on any atom is 0.255 e. The molecular formula is C28H29FN6O2. The minimum Gasteiger partial charge on any atom is -0.369 e. The van der Waals surface area contributed by atoms with Crippen molar-refractivity contribution in [3.8, 4) is 17.3 Å². The summed E-state index contributed by atoms with van der Waals surface area (Å²) in [4.78, 5) is 31.6. The summed E-state index contributed by atoms with van der Waals surface area (Å²) in [5.74, 6) is -0.383. The van der Waals surface area contributed by atoms with Crippen LogP contribution in [0.15, 0.2) is 60.7 Å². The van der Waals surface area contributed by atoms with Crippen molar-refractivity contribution in [2.24, 2.45) is 5.73 Å². The average Bonchev–Trinajstić information content (AvgIpc) is 2.91. The molecule has 190 valence electrons. The molecule has 1 aliphatic heterocycles. The van der Waals surface area contributed by atoms with Gasteiger partial charge in [0.2, 0.25) is 5.91 Å². The third-order valence-corrected chi connectivity index (χ3v) is 6.30. The minimum absolute atomic E-state index is 0.0950. The van der Waals surface area contributed by atoms with E-state index in [0.29, 0.717) is 60.7 Å². The first-order valence-corrected chi connectivity index (χ1v) is 12.3. The van der Waals surface area contributed by atoms with Gasteiger partial charge in [0.05, 0.1) is 28.9 Å². The summed E-state index contributed by atoms with van der Waals surface area (Å²) in [6.07, 6.45) is 2.05. The molecule has 0 saturated carbocycles. The lowest BCUT2D eigenvalue weighted by Gasteiger charge is -2.30. The van der Waals surface area contributed by atoms with Gasteiger partial charge in [0, 0.05) is 31.7 Å². The molecule has 0 bridgehead atoms. The van der Waals surface area contributed by atoms with E-state index in [1.165, 1.54) is 12.1 Å². The van der Waals surface area contributed by atoms with E-state index in [1.807, 2.05) is 12.1 Å². The summed E-state index contributed by atoms with van der Waals surface area (Å²) in [5, 5.41) is 15.6. The molecule has 1 fully saturated rings. The van der Waals surface area contributed by atoms with Crippen LogP contribution in [0.2, 0.25) is 0 Å². The van der Waals surface area contributed by atoms with Gasteiger partial charge in [-0.25, -0.2) is 9.37 Å². The van der Waals surface area contributed by atoms with Crippen LogP contribution >= 0.6 is 0 Å². The number of likely N-dealkylation sites (tertiary alicyclic amines) is 1. The Morgan fingerprint density at radius 1 is 1.16 bits per heavy atom. The minimum atomic E-state index is -0.480.